The normalized spacial score (nSPS) is 11.5. The topological polar surface area (TPSA) is 97.9 Å². The average Bonchev–Trinajstić information content (AvgIpc) is 3.94. The van der Waals surface area contributed by atoms with Gasteiger partial charge in [0.25, 0.3) is 11.1 Å². The minimum atomic E-state index is -0.441. The average molecular weight is 929 g/mol. The lowest BCUT2D eigenvalue weighted by molar-refractivity contribution is 0.609. The maximum absolute atomic E-state index is 13.8. The van der Waals surface area contributed by atoms with E-state index in [4.69, 9.17) is 0 Å². The lowest BCUT2D eigenvalue weighted by Crippen LogP contribution is -2.39. The van der Waals surface area contributed by atoms with Gasteiger partial charge in [-0.15, -0.1) is 11.8 Å². The Morgan fingerprint density at radius 1 is 0.448 bits per heavy atom. The Labute approximate surface area is 399 Å². The number of thioether (sulfide) groups is 1. The van der Waals surface area contributed by atoms with Gasteiger partial charge in [0, 0.05) is 63.2 Å². The molecule has 0 amide bonds. The summed E-state index contributed by atoms with van der Waals surface area (Å²) in [6, 6.07) is 51.9. The van der Waals surface area contributed by atoms with Crippen molar-refractivity contribution in [2.24, 2.45) is 0 Å². The van der Waals surface area contributed by atoms with Crippen LogP contribution in [-0.4, -0.2) is 38.9 Å². The Balaban J connectivity index is 0.000000214. The van der Waals surface area contributed by atoms with Crippen molar-refractivity contribution in [2.75, 3.05) is 11.5 Å². The van der Waals surface area contributed by atoms with Gasteiger partial charge in [0.15, 0.2) is 0 Å². The number of benzene rings is 5. The van der Waals surface area contributed by atoms with Crippen LogP contribution in [0.15, 0.2) is 183 Å². The zero-order chi connectivity index (χ0) is 47.1. The molecule has 0 aliphatic heterocycles. The van der Waals surface area contributed by atoms with Gasteiger partial charge in [0.2, 0.25) is 0 Å². The number of aryl methyl sites for hydroxylation is 4. The second-order valence-electron chi connectivity index (χ2n) is 16.1. The van der Waals surface area contributed by atoms with Crippen molar-refractivity contribution < 1.29 is 0 Å². The SMILES string of the molecule is CCn1c(=O)c2c(-c3ccccc3)n(CCS)cc2n(CC)c1=O.CCn1c(=O)c2c(-c3ccccc3)n(CCSC(c3ccccc3)(c3ccccc3)c3ccccc3)cc2n(CC)c1=O. The summed E-state index contributed by atoms with van der Waals surface area (Å²) in [5.41, 5.74) is 7.69. The summed E-state index contributed by atoms with van der Waals surface area (Å²) in [6.45, 7) is 10.6. The van der Waals surface area contributed by atoms with E-state index in [2.05, 4.69) is 108 Å². The Kier molecular flexibility index (Phi) is 14.5. The molecule has 0 fully saturated rings. The van der Waals surface area contributed by atoms with Crippen LogP contribution in [0.5, 0.6) is 0 Å². The van der Waals surface area contributed by atoms with Crippen LogP contribution in [0.25, 0.3) is 44.3 Å². The maximum Gasteiger partial charge on any atom is 0.331 e. The molecule has 9 aromatic rings. The van der Waals surface area contributed by atoms with Gasteiger partial charge in [0.05, 0.1) is 37.9 Å². The van der Waals surface area contributed by atoms with Crippen LogP contribution in [0.2, 0.25) is 0 Å². The minimum Gasteiger partial charge on any atom is -0.344 e. The number of aromatic nitrogens is 6. The first-order valence-electron chi connectivity index (χ1n) is 23.0. The lowest BCUT2D eigenvalue weighted by Gasteiger charge is -2.35. The summed E-state index contributed by atoms with van der Waals surface area (Å²) in [6.07, 6.45) is 3.90. The summed E-state index contributed by atoms with van der Waals surface area (Å²) in [7, 11) is 0. The standard InChI is InChI=1S/C37H35N3O2S.C18H21N3O2S/c1-3-39-32-27-38(34(28-17-9-5-10-18-28)33(32)35(41)40(4-2)36(39)42)25-26-43-37(29-19-11-6-12-20-29,30-21-13-7-14-22-30)31-23-15-8-16-24-31;1-3-20-14-12-19(10-11-24)16(13-8-6-5-7-9-13)15(14)17(22)21(4-2)18(20)23/h5-24,27H,3-4,25-26H2,1-2H3;5-9,12,24H,3-4,10-11H2,1-2H3. The third-order valence-corrected chi connectivity index (χ3v) is 14.2. The predicted octanol–water partition coefficient (Wildman–Crippen LogP) is 10.00. The highest BCUT2D eigenvalue weighted by Crippen LogP contribution is 2.48. The fraction of sp³-hybridized carbons (Fsp3) is 0.236. The highest BCUT2D eigenvalue weighted by atomic mass is 32.2. The second kappa shape index (κ2) is 20.8. The number of hydrogen-bond acceptors (Lipinski definition) is 6. The zero-order valence-electron chi connectivity index (χ0n) is 38.4. The van der Waals surface area contributed by atoms with Crippen LogP contribution < -0.4 is 22.5 Å². The van der Waals surface area contributed by atoms with Gasteiger partial charge in [-0.3, -0.25) is 27.9 Å². The van der Waals surface area contributed by atoms with Gasteiger partial charge in [-0.25, -0.2) is 9.59 Å². The van der Waals surface area contributed by atoms with Crippen LogP contribution in [0.1, 0.15) is 44.4 Å². The molecule has 4 heterocycles. The first-order valence-corrected chi connectivity index (χ1v) is 24.6. The Bertz CT molecular complexity index is 3260. The Morgan fingerprint density at radius 2 is 0.776 bits per heavy atom. The Hall–Kier alpha value is -6.76. The van der Waals surface area contributed by atoms with Crippen LogP contribution in [0.4, 0.5) is 0 Å². The predicted molar refractivity (Wildman–Crippen MR) is 280 cm³/mol. The number of thiol groups is 1. The molecular formula is C55H56N6O4S2. The molecule has 4 aromatic heterocycles. The van der Waals surface area contributed by atoms with Crippen molar-refractivity contribution in [3.05, 3.63) is 222 Å². The third kappa shape index (κ3) is 8.71. The van der Waals surface area contributed by atoms with E-state index in [0.717, 1.165) is 28.3 Å². The monoisotopic (exact) mass is 928 g/mol. The fourth-order valence-corrected chi connectivity index (χ4v) is 11.1. The zero-order valence-corrected chi connectivity index (χ0v) is 40.1. The summed E-state index contributed by atoms with van der Waals surface area (Å²) < 4.78 is 9.81. The molecule has 9 rings (SSSR count). The number of fused-ring (bicyclic) bond motifs is 2. The quantitative estimate of drug-likeness (QED) is 0.0816. The van der Waals surface area contributed by atoms with E-state index in [-0.39, 0.29) is 22.5 Å². The van der Waals surface area contributed by atoms with Crippen LogP contribution in [0.3, 0.4) is 0 Å². The Morgan fingerprint density at radius 3 is 1.10 bits per heavy atom. The maximum atomic E-state index is 13.8. The van der Waals surface area contributed by atoms with Gasteiger partial charge < -0.3 is 9.13 Å². The molecule has 5 aromatic carbocycles. The highest BCUT2D eigenvalue weighted by Gasteiger charge is 2.37. The minimum absolute atomic E-state index is 0.223. The van der Waals surface area contributed by atoms with Gasteiger partial charge in [-0.2, -0.15) is 12.6 Å². The van der Waals surface area contributed by atoms with E-state index in [1.165, 1.54) is 25.8 Å². The second-order valence-corrected chi connectivity index (χ2v) is 17.9. The van der Waals surface area contributed by atoms with Crippen LogP contribution in [-0.2, 0) is 44.0 Å². The molecule has 0 N–H and O–H groups in total. The van der Waals surface area contributed by atoms with Crippen molar-refractivity contribution in [3.8, 4) is 22.5 Å². The number of rotatable bonds is 15. The first kappa shape index (κ1) is 46.8. The molecule has 0 saturated carbocycles. The molecule has 0 unspecified atom stereocenters. The van der Waals surface area contributed by atoms with Gasteiger partial charge in [-0.1, -0.05) is 152 Å². The summed E-state index contributed by atoms with van der Waals surface area (Å²) in [5, 5.41) is 1.20. The number of hydrogen-bond donors (Lipinski definition) is 1. The molecule has 0 atom stereocenters. The molecule has 0 aliphatic carbocycles. The van der Waals surface area contributed by atoms with Crippen molar-refractivity contribution in [1.29, 1.82) is 0 Å². The summed E-state index contributed by atoms with van der Waals surface area (Å²) in [4.78, 5) is 52.6. The molecule has 12 heteroatoms. The molecular weight excluding hydrogens is 873 g/mol. The highest BCUT2D eigenvalue weighted by molar-refractivity contribution is 8.00. The molecule has 0 aliphatic rings. The van der Waals surface area contributed by atoms with Gasteiger partial charge in [0.1, 0.15) is 0 Å². The molecule has 0 spiro atoms. The summed E-state index contributed by atoms with van der Waals surface area (Å²) in [5.74, 6) is 1.41. The largest absolute Gasteiger partial charge is 0.344 e. The summed E-state index contributed by atoms with van der Waals surface area (Å²) >= 11 is 6.22. The molecule has 0 saturated heterocycles. The number of nitrogens with zero attached hydrogens (tertiary/aromatic N) is 6. The van der Waals surface area contributed by atoms with Crippen LogP contribution in [0, 0.1) is 0 Å². The van der Waals surface area contributed by atoms with E-state index in [0.29, 0.717) is 66.8 Å². The van der Waals surface area contributed by atoms with Crippen molar-refractivity contribution in [2.45, 2.75) is 71.7 Å². The molecule has 0 bridgehead atoms. The van der Waals surface area contributed by atoms with E-state index in [1.54, 1.807) is 9.13 Å². The smallest absolute Gasteiger partial charge is 0.331 e. The molecule has 67 heavy (non-hydrogen) atoms. The molecule has 0 radical (unpaired) electrons. The van der Waals surface area contributed by atoms with Gasteiger partial charge >= 0.3 is 11.4 Å². The van der Waals surface area contributed by atoms with E-state index in [1.807, 2.05) is 117 Å². The van der Waals surface area contributed by atoms with Crippen molar-refractivity contribution >= 4 is 46.2 Å². The van der Waals surface area contributed by atoms with E-state index >= 15 is 0 Å². The van der Waals surface area contributed by atoms with Crippen molar-refractivity contribution in [1.82, 2.24) is 27.4 Å². The van der Waals surface area contributed by atoms with E-state index in [9.17, 15) is 19.2 Å². The molecule has 342 valence electrons. The fourth-order valence-electron chi connectivity index (χ4n) is 9.36. The lowest BCUT2D eigenvalue weighted by atomic mass is 9.84. The van der Waals surface area contributed by atoms with E-state index < -0.39 is 4.75 Å². The first-order chi connectivity index (χ1) is 32.7. The van der Waals surface area contributed by atoms with Crippen molar-refractivity contribution in [3.63, 3.8) is 0 Å². The third-order valence-electron chi connectivity index (χ3n) is 12.4. The van der Waals surface area contributed by atoms with Gasteiger partial charge in [-0.05, 0) is 55.5 Å². The van der Waals surface area contributed by atoms with Crippen LogP contribution >= 0.6 is 24.4 Å². The molecule has 10 nitrogen and oxygen atoms in total.